The lowest BCUT2D eigenvalue weighted by Gasteiger charge is -2.04. The summed E-state index contributed by atoms with van der Waals surface area (Å²) >= 11 is 10.3. The maximum atomic E-state index is 10.7. The molecule has 0 radical (unpaired) electrons. The molecular weight excluding hydrogens is 222 g/mol. The van der Waals surface area contributed by atoms with Crippen molar-refractivity contribution in [1.29, 1.82) is 0 Å². The van der Waals surface area contributed by atoms with Gasteiger partial charge in [0.1, 0.15) is 11.5 Å². The molecule has 0 bridgehead atoms. The molecule has 0 spiro atoms. The second-order valence-corrected chi connectivity index (χ2v) is 6.20. The van der Waals surface area contributed by atoms with E-state index in [1.165, 1.54) is 24.3 Å². The van der Waals surface area contributed by atoms with Gasteiger partial charge in [0, 0.05) is 22.5 Å². The molecule has 0 aliphatic heterocycles. The number of hydrogen-bond acceptors (Lipinski definition) is 3. The van der Waals surface area contributed by atoms with Gasteiger partial charge in [-0.05, 0) is 24.3 Å². The zero-order chi connectivity index (χ0) is 9.19. The number of benzene rings is 1. The summed E-state index contributed by atoms with van der Waals surface area (Å²) in [5, 5.41) is 8.86. The highest BCUT2D eigenvalue weighted by atomic mass is 35.9. The predicted octanol–water partition coefficient (Wildman–Crippen LogP) is 3.36. The Bertz CT molecular complexity index is 305. The smallest absolute Gasteiger partial charge is 0.428 e. The summed E-state index contributed by atoms with van der Waals surface area (Å²) in [6, 6.07) is 5.57. The van der Waals surface area contributed by atoms with E-state index in [0.29, 0.717) is 0 Å². The van der Waals surface area contributed by atoms with Crippen LogP contribution in [0.4, 0.5) is 0 Å². The van der Waals surface area contributed by atoms with Crippen LogP contribution in [-0.4, -0.2) is 5.11 Å². The van der Waals surface area contributed by atoms with Gasteiger partial charge in [-0.15, -0.1) is 0 Å². The van der Waals surface area contributed by atoms with Gasteiger partial charge >= 0.3 is 6.07 Å². The highest BCUT2D eigenvalue weighted by Crippen LogP contribution is 2.57. The van der Waals surface area contributed by atoms with E-state index in [1.807, 2.05) is 0 Å². The van der Waals surface area contributed by atoms with Crippen molar-refractivity contribution in [3.8, 4) is 11.5 Å². The lowest BCUT2D eigenvalue weighted by Crippen LogP contribution is -1.79. The molecule has 1 aromatic carbocycles. The van der Waals surface area contributed by atoms with E-state index in [-0.39, 0.29) is 11.5 Å². The first-order valence-electron chi connectivity index (χ1n) is 2.95. The standard InChI is InChI=1S/C6H5Cl2O3P/c7-12(8,10)11-6-3-1-5(9)2-4-6/h1-4,9H. The fourth-order valence-electron chi connectivity index (χ4n) is 0.630. The van der Waals surface area contributed by atoms with E-state index in [4.69, 9.17) is 27.6 Å². The Balaban J connectivity index is 2.78. The third-order valence-corrected chi connectivity index (χ3v) is 1.89. The molecule has 1 aromatic rings. The second kappa shape index (κ2) is 3.56. The van der Waals surface area contributed by atoms with Crippen molar-refractivity contribution in [2.24, 2.45) is 0 Å². The minimum atomic E-state index is -3.54. The van der Waals surface area contributed by atoms with E-state index < -0.39 is 6.07 Å². The molecule has 1 rings (SSSR count). The van der Waals surface area contributed by atoms with Crippen LogP contribution in [0.15, 0.2) is 24.3 Å². The van der Waals surface area contributed by atoms with E-state index in [9.17, 15) is 4.57 Å². The summed E-state index contributed by atoms with van der Waals surface area (Å²) in [6.45, 7) is 0. The largest absolute Gasteiger partial charge is 0.508 e. The molecule has 0 heterocycles. The van der Waals surface area contributed by atoms with Gasteiger partial charge in [0.2, 0.25) is 0 Å². The van der Waals surface area contributed by atoms with Crippen LogP contribution in [0.5, 0.6) is 11.5 Å². The molecule has 0 unspecified atom stereocenters. The van der Waals surface area contributed by atoms with Crippen molar-refractivity contribution in [1.82, 2.24) is 0 Å². The van der Waals surface area contributed by atoms with E-state index >= 15 is 0 Å². The predicted molar refractivity (Wildman–Crippen MR) is 48.0 cm³/mol. The van der Waals surface area contributed by atoms with Crippen molar-refractivity contribution in [3.63, 3.8) is 0 Å². The molecule has 66 valence electrons. The Labute approximate surface area is 78.9 Å². The molecule has 6 heteroatoms. The topological polar surface area (TPSA) is 46.5 Å². The van der Waals surface area contributed by atoms with Gasteiger partial charge in [-0.3, -0.25) is 0 Å². The fourth-order valence-corrected chi connectivity index (χ4v) is 1.47. The number of halogens is 2. The molecule has 0 aliphatic rings. The molecule has 0 atom stereocenters. The third kappa shape index (κ3) is 3.35. The second-order valence-electron chi connectivity index (χ2n) is 2.00. The van der Waals surface area contributed by atoms with Crippen LogP contribution in [0, 0.1) is 0 Å². The highest BCUT2D eigenvalue weighted by Gasteiger charge is 2.15. The molecule has 0 fully saturated rings. The van der Waals surface area contributed by atoms with Gasteiger partial charge in [0.15, 0.2) is 0 Å². The number of rotatable bonds is 2. The van der Waals surface area contributed by atoms with Gasteiger partial charge in [0.25, 0.3) is 0 Å². The minimum absolute atomic E-state index is 0.0846. The maximum Gasteiger partial charge on any atom is 0.428 e. The zero-order valence-corrected chi connectivity index (χ0v) is 8.18. The molecular formula is C6H5Cl2O3P. The van der Waals surface area contributed by atoms with Crippen molar-refractivity contribution < 1.29 is 14.2 Å². The van der Waals surface area contributed by atoms with Gasteiger partial charge in [-0.1, -0.05) is 0 Å². The molecule has 0 aliphatic carbocycles. The average Bonchev–Trinajstić information content (AvgIpc) is 1.91. The summed E-state index contributed by atoms with van der Waals surface area (Å²) in [6.07, 6.45) is -3.54. The highest BCUT2D eigenvalue weighted by molar-refractivity contribution is 8.05. The summed E-state index contributed by atoms with van der Waals surface area (Å²) < 4.78 is 15.3. The number of phenols is 1. The van der Waals surface area contributed by atoms with Crippen LogP contribution >= 0.6 is 28.6 Å². The Kier molecular flexibility index (Phi) is 2.89. The van der Waals surface area contributed by atoms with Crippen molar-refractivity contribution in [2.45, 2.75) is 0 Å². The van der Waals surface area contributed by atoms with Gasteiger partial charge in [-0.25, -0.2) is 4.57 Å². The first kappa shape index (κ1) is 9.72. The van der Waals surface area contributed by atoms with Crippen molar-refractivity contribution in [2.75, 3.05) is 0 Å². The summed E-state index contributed by atoms with van der Waals surface area (Å²) in [5.74, 6) is 0.336. The molecule has 3 nitrogen and oxygen atoms in total. The van der Waals surface area contributed by atoms with Gasteiger partial charge < -0.3 is 9.63 Å². The summed E-state index contributed by atoms with van der Waals surface area (Å²) in [7, 11) is 0. The minimum Gasteiger partial charge on any atom is -0.508 e. The van der Waals surface area contributed by atoms with E-state index in [2.05, 4.69) is 4.52 Å². The Morgan fingerprint density at radius 3 is 2.17 bits per heavy atom. The maximum absolute atomic E-state index is 10.7. The van der Waals surface area contributed by atoms with E-state index in [0.717, 1.165) is 0 Å². The monoisotopic (exact) mass is 226 g/mol. The van der Waals surface area contributed by atoms with Crippen LogP contribution in [0.2, 0.25) is 0 Å². The van der Waals surface area contributed by atoms with Crippen LogP contribution in [-0.2, 0) is 4.57 Å². The number of hydrogen-bond donors (Lipinski definition) is 1. The lowest BCUT2D eigenvalue weighted by atomic mass is 10.3. The molecule has 0 saturated carbocycles. The normalized spacial score (nSPS) is 11.2. The first-order valence-corrected chi connectivity index (χ1v) is 6.39. The lowest BCUT2D eigenvalue weighted by molar-refractivity contribution is 0.472. The fraction of sp³-hybridized carbons (Fsp3) is 0. The Morgan fingerprint density at radius 1 is 1.25 bits per heavy atom. The molecule has 0 amide bonds. The van der Waals surface area contributed by atoms with Crippen LogP contribution in [0.1, 0.15) is 0 Å². The summed E-state index contributed by atoms with van der Waals surface area (Å²) in [5.41, 5.74) is 0. The SMILES string of the molecule is O=P(Cl)(Cl)Oc1ccc(O)cc1. The quantitative estimate of drug-likeness (QED) is 0.787. The van der Waals surface area contributed by atoms with Crippen LogP contribution in [0.25, 0.3) is 0 Å². The Hall–Kier alpha value is -0.370. The first-order chi connectivity index (χ1) is 5.47. The zero-order valence-electron chi connectivity index (χ0n) is 5.78. The van der Waals surface area contributed by atoms with Crippen molar-refractivity contribution >= 4 is 28.6 Å². The molecule has 0 saturated heterocycles. The van der Waals surface area contributed by atoms with Gasteiger partial charge in [0.05, 0.1) is 0 Å². The molecule has 12 heavy (non-hydrogen) atoms. The van der Waals surface area contributed by atoms with Crippen LogP contribution in [0.3, 0.4) is 0 Å². The number of phenolic OH excluding ortho intramolecular Hbond substituents is 1. The average molecular weight is 227 g/mol. The number of aromatic hydroxyl groups is 1. The van der Waals surface area contributed by atoms with Crippen molar-refractivity contribution in [3.05, 3.63) is 24.3 Å². The van der Waals surface area contributed by atoms with E-state index in [1.54, 1.807) is 0 Å². The molecule has 0 aromatic heterocycles. The van der Waals surface area contributed by atoms with Gasteiger partial charge in [-0.2, -0.15) is 0 Å². The van der Waals surface area contributed by atoms with Crippen LogP contribution < -0.4 is 4.52 Å². The summed E-state index contributed by atoms with van der Waals surface area (Å²) in [4.78, 5) is 0. The Morgan fingerprint density at radius 2 is 1.75 bits per heavy atom. The third-order valence-electron chi connectivity index (χ3n) is 1.05. The molecule has 1 N–H and O–H groups in total.